The van der Waals surface area contributed by atoms with Crippen LogP contribution in [0.1, 0.15) is 51.0 Å². The van der Waals surface area contributed by atoms with Crippen LogP contribution in [0.25, 0.3) is 5.57 Å². The van der Waals surface area contributed by atoms with Crippen LogP contribution < -0.4 is 10.1 Å². The number of carbonyl (C=O) groups excluding carboxylic acids is 1. The summed E-state index contributed by atoms with van der Waals surface area (Å²) in [6, 6.07) is 8.11. The number of rotatable bonds is 8. The SMILES string of the molecule is CCC(=NOC)C1=C(c2cccc(OC(=O)CCC(=O)O)c2)CC2CC[C@@H]1N2. The van der Waals surface area contributed by atoms with Gasteiger partial charge in [0.15, 0.2) is 0 Å². The molecule has 2 N–H and O–H groups in total. The molecule has 2 aliphatic rings. The van der Waals surface area contributed by atoms with Crippen molar-refractivity contribution in [2.24, 2.45) is 5.16 Å². The Hall–Kier alpha value is -2.67. The maximum Gasteiger partial charge on any atom is 0.311 e. The minimum absolute atomic E-state index is 0.151. The summed E-state index contributed by atoms with van der Waals surface area (Å²) in [6.07, 6.45) is 3.43. The minimum Gasteiger partial charge on any atom is -0.481 e. The molecule has 7 heteroatoms. The first-order chi connectivity index (χ1) is 13.5. The average molecular weight is 386 g/mol. The van der Waals surface area contributed by atoms with E-state index in [2.05, 4.69) is 17.4 Å². The van der Waals surface area contributed by atoms with Gasteiger partial charge in [0.05, 0.1) is 18.6 Å². The molecule has 0 radical (unpaired) electrons. The number of oxime groups is 1. The molecule has 1 saturated heterocycles. The highest BCUT2D eigenvalue weighted by atomic mass is 16.6. The number of esters is 1. The van der Waals surface area contributed by atoms with Crippen molar-refractivity contribution in [3.05, 3.63) is 35.4 Å². The summed E-state index contributed by atoms with van der Waals surface area (Å²) in [5.74, 6) is -1.14. The summed E-state index contributed by atoms with van der Waals surface area (Å²) >= 11 is 0. The predicted molar refractivity (Wildman–Crippen MR) is 105 cm³/mol. The number of ether oxygens (including phenoxy) is 1. The number of carboxylic acids is 1. The van der Waals surface area contributed by atoms with Crippen molar-refractivity contribution in [3.63, 3.8) is 0 Å². The number of carboxylic acid groups (broad SMARTS) is 1. The van der Waals surface area contributed by atoms with Crippen LogP contribution in [-0.4, -0.2) is 42.0 Å². The van der Waals surface area contributed by atoms with Crippen molar-refractivity contribution < 1.29 is 24.3 Å². The van der Waals surface area contributed by atoms with Crippen molar-refractivity contribution in [3.8, 4) is 5.75 Å². The van der Waals surface area contributed by atoms with Crippen molar-refractivity contribution in [2.75, 3.05) is 7.11 Å². The van der Waals surface area contributed by atoms with E-state index in [0.717, 1.165) is 37.0 Å². The lowest BCUT2D eigenvalue weighted by Gasteiger charge is -2.29. The zero-order chi connectivity index (χ0) is 20.1. The van der Waals surface area contributed by atoms with Crippen LogP contribution in [-0.2, 0) is 14.4 Å². The van der Waals surface area contributed by atoms with Gasteiger partial charge in [0, 0.05) is 12.1 Å². The zero-order valence-electron chi connectivity index (χ0n) is 16.2. The van der Waals surface area contributed by atoms with E-state index >= 15 is 0 Å². The third kappa shape index (κ3) is 4.59. The number of carbonyl (C=O) groups is 2. The molecule has 2 aliphatic heterocycles. The Bertz CT molecular complexity index is 815. The fourth-order valence-electron chi connectivity index (χ4n) is 3.98. The van der Waals surface area contributed by atoms with Gasteiger partial charge in [-0.2, -0.15) is 0 Å². The molecule has 2 bridgehead atoms. The lowest BCUT2D eigenvalue weighted by atomic mass is 9.86. The Labute approximate surface area is 164 Å². The first-order valence-electron chi connectivity index (χ1n) is 9.64. The van der Waals surface area contributed by atoms with Gasteiger partial charge in [-0.1, -0.05) is 24.2 Å². The lowest BCUT2D eigenvalue weighted by molar-refractivity contribution is -0.142. The number of fused-ring (bicyclic) bond motifs is 2. The molecule has 7 nitrogen and oxygen atoms in total. The second-order valence-corrected chi connectivity index (χ2v) is 7.06. The molecule has 150 valence electrons. The molecule has 3 rings (SSSR count). The summed E-state index contributed by atoms with van der Waals surface area (Å²) in [4.78, 5) is 27.6. The fourth-order valence-corrected chi connectivity index (χ4v) is 3.98. The summed E-state index contributed by atoms with van der Waals surface area (Å²) in [5, 5.41) is 16.6. The van der Waals surface area contributed by atoms with Crippen LogP contribution in [0.15, 0.2) is 35.0 Å². The molecule has 2 heterocycles. The molecule has 0 aliphatic carbocycles. The lowest BCUT2D eigenvalue weighted by Crippen LogP contribution is -2.38. The van der Waals surface area contributed by atoms with Gasteiger partial charge in [0.1, 0.15) is 12.9 Å². The van der Waals surface area contributed by atoms with Crippen molar-refractivity contribution in [1.29, 1.82) is 0 Å². The van der Waals surface area contributed by atoms with Gasteiger partial charge < -0.3 is 20.0 Å². The van der Waals surface area contributed by atoms with E-state index in [1.54, 1.807) is 13.2 Å². The smallest absolute Gasteiger partial charge is 0.311 e. The minimum atomic E-state index is -1.02. The number of benzene rings is 1. The Morgan fingerprint density at radius 3 is 2.82 bits per heavy atom. The molecule has 1 fully saturated rings. The maximum atomic E-state index is 11.9. The molecule has 1 aromatic carbocycles. The van der Waals surface area contributed by atoms with Crippen LogP contribution in [0, 0.1) is 0 Å². The molecular formula is C21H26N2O5. The molecule has 1 unspecified atom stereocenters. The number of hydrogen-bond acceptors (Lipinski definition) is 6. The Balaban J connectivity index is 1.90. The molecule has 28 heavy (non-hydrogen) atoms. The topological polar surface area (TPSA) is 97.2 Å². The molecule has 1 aromatic rings. The number of aliphatic carboxylic acids is 1. The highest BCUT2D eigenvalue weighted by Crippen LogP contribution is 2.39. The van der Waals surface area contributed by atoms with Crippen LogP contribution in [0.5, 0.6) is 5.75 Å². The molecule has 0 spiro atoms. The first-order valence-corrected chi connectivity index (χ1v) is 9.64. The van der Waals surface area contributed by atoms with Gasteiger partial charge >= 0.3 is 11.9 Å². The fraction of sp³-hybridized carbons (Fsp3) is 0.476. The van der Waals surface area contributed by atoms with E-state index in [1.165, 1.54) is 11.1 Å². The van der Waals surface area contributed by atoms with E-state index in [1.807, 2.05) is 18.2 Å². The first kappa shape index (κ1) is 20.1. The quantitative estimate of drug-likeness (QED) is 0.308. The van der Waals surface area contributed by atoms with Crippen molar-refractivity contribution in [1.82, 2.24) is 5.32 Å². The molecule has 2 atom stereocenters. The Kier molecular flexibility index (Phi) is 6.46. The highest BCUT2D eigenvalue weighted by molar-refractivity contribution is 6.07. The van der Waals surface area contributed by atoms with Gasteiger partial charge in [0.2, 0.25) is 0 Å². The van der Waals surface area contributed by atoms with Crippen LogP contribution in [0.2, 0.25) is 0 Å². The van der Waals surface area contributed by atoms with Crippen LogP contribution in [0.3, 0.4) is 0 Å². The number of nitrogens with one attached hydrogen (secondary N) is 1. The summed E-state index contributed by atoms with van der Waals surface area (Å²) in [6.45, 7) is 2.06. The number of nitrogens with zero attached hydrogens (tertiary/aromatic N) is 1. The standard InChI is InChI=1S/C21H26N2O5/c1-3-17(23-27-2)21-16(12-14-7-8-18(21)22-14)13-5-4-6-15(11-13)28-20(26)10-9-19(24)25/h4-6,11,14,18,22H,3,7-10,12H2,1-2H3,(H,24,25)/t14?,18-/m0/s1. The van der Waals surface area contributed by atoms with E-state index in [0.29, 0.717) is 11.8 Å². The molecule has 0 aromatic heterocycles. The second-order valence-electron chi connectivity index (χ2n) is 7.06. The van der Waals surface area contributed by atoms with Crippen molar-refractivity contribution >= 4 is 23.2 Å². The zero-order valence-corrected chi connectivity index (χ0v) is 16.2. The summed E-state index contributed by atoms with van der Waals surface area (Å²) < 4.78 is 5.34. The third-order valence-electron chi connectivity index (χ3n) is 5.17. The van der Waals surface area contributed by atoms with Gasteiger partial charge in [-0.05, 0) is 54.5 Å². The highest BCUT2D eigenvalue weighted by Gasteiger charge is 2.36. The average Bonchev–Trinajstić information content (AvgIpc) is 3.06. The van der Waals surface area contributed by atoms with Gasteiger partial charge in [-0.25, -0.2) is 0 Å². The molecular weight excluding hydrogens is 360 g/mol. The van der Waals surface area contributed by atoms with Crippen LogP contribution in [0.4, 0.5) is 0 Å². The second kappa shape index (κ2) is 9.01. The largest absolute Gasteiger partial charge is 0.481 e. The third-order valence-corrected chi connectivity index (χ3v) is 5.17. The number of hydrogen-bond donors (Lipinski definition) is 2. The van der Waals surface area contributed by atoms with Crippen LogP contribution >= 0.6 is 0 Å². The van der Waals surface area contributed by atoms with E-state index in [4.69, 9.17) is 14.7 Å². The maximum absolute atomic E-state index is 11.9. The van der Waals surface area contributed by atoms with Gasteiger partial charge in [-0.3, -0.25) is 9.59 Å². The monoisotopic (exact) mass is 386 g/mol. The van der Waals surface area contributed by atoms with E-state index in [-0.39, 0.29) is 18.9 Å². The van der Waals surface area contributed by atoms with E-state index < -0.39 is 11.9 Å². The summed E-state index contributed by atoms with van der Waals surface area (Å²) in [7, 11) is 1.56. The Morgan fingerprint density at radius 1 is 1.29 bits per heavy atom. The summed E-state index contributed by atoms with van der Waals surface area (Å²) in [5.41, 5.74) is 4.30. The predicted octanol–water partition coefficient (Wildman–Crippen LogP) is 3.15. The van der Waals surface area contributed by atoms with E-state index in [9.17, 15) is 9.59 Å². The normalized spacial score (nSPS) is 21.6. The molecule has 0 saturated carbocycles. The van der Waals surface area contributed by atoms with Crippen molar-refractivity contribution in [2.45, 2.75) is 57.5 Å². The Morgan fingerprint density at radius 2 is 2.11 bits per heavy atom. The van der Waals surface area contributed by atoms with Gasteiger partial charge in [-0.15, -0.1) is 0 Å². The van der Waals surface area contributed by atoms with Gasteiger partial charge in [0.25, 0.3) is 0 Å². The molecule has 0 amide bonds.